The molecule has 1 aromatic rings. The number of thioether (sulfide) groups is 1. The highest BCUT2D eigenvalue weighted by Crippen LogP contribution is 2.29. The summed E-state index contributed by atoms with van der Waals surface area (Å²) in [7, 11) is 0. The van der Waals surface area contributed by atoms with Gasteiger partial charge in [-0.2, -0.15) is 11.8 Å². The first kappa shape index (κ1) is 27.0. The molecule has 2 aliphatic rings. The van der Waals surface area contributed by atoms with E-state index < -0.39 is 35.3 Å². The molecule has 0 unspecified atom stereocenters. The fourth-order valence-corrected chi connectivity index (χ4v) is 5.28. The Morgan fingerprint density at radius 3 is 2.37 bits per heavy atom. The number of hydrogen-bond acceptors (Lipinski definition) is 6. The third kappa shape index (κ3) is 7.98. The first-order valence-electron chi connectivity index (χ1n) is 12.6. The molecule has 192 valence electrons. The van der Waals surface area contributed by atoms with Crippen LogP contribution in [0.1, 0.15) is 69.8 Å². The van der Waals surface area contributed by atoms with Gasteiger partial charge in [0.25, 0.3) is 5.91 Å². The molecule has 35 heavy (non-hydrogen) atoms. The predicted molar refractivity (Wildman–Crippen MR) is 136 cm³/mol. The molecular formula is C26H37N3O5S. The number of benzene rings is 1. The highest BCUT2D eigenvalue weighted by Gasteiger charge is 2.43. The Morgan fingerprint density at radius 2 is 1.71 bits per heavy atom. The van der Waals surface area contributed by atoms with E-state index in [1.54, 1.807) is 11.8 Å². The second-order valence-electron chi connectivity index (χ2n) is 9.46. The van der Waals surface area contributed by atoms with E-state index in [0.29, 0.717) is 25.0 Å². The van der Waals surface area contributed by atoms with Crippen LogP contribution in [-0.4, -0.2) is 53.3 Å². The van der Waals surface area contributed by atoms with E-state index in [2.05, 4.69) is 16.0 Å². The van der Waals surface area contributed by atoms with Gasteiger partial charge in [0, 0.05) is 6.04 Å². The molecule has 0 saturated heterocycles. The van der Waals surface area contributed by atoms with Gasteiger partial charge in [-0.15, -0.1) is 0 Å². The molecule has 3 N–H and O–H groups in total. The van der Waals surface area contributed by atoms with Crippen LogP contribution in [0, 0.1) is 0 Å². The molecule has 2 aliphatic carbocycles. The van der Waals surface area contributed by atoms with Gasteiger partial charge in [-0.25, -0.2) is 4.79 Å². The maximum absolute atomic E-state index is 13.5. The molecule has 3 amide bonds. The highest BCUT2D eigenvalue weighted by atomic mass is 32.2. The molecule has 2 saturated carbocycles. The minimum Gasteiger partial charge on any atom is -0.445 e. The summed E-state index contributed by atoms with van der Waals surface area (Å²) in [4.78, 5) is 51.8. The van der Waals surface area contributed by atoms with Gasteiger partial charge in [0.15, 0.2) is 0 Å². The molecule has 3 rings (SSSR count). The Labute approximate surface area is 211 Å². The van der Waals surface area contributed by atoms with Crippen molar-refractivity contribution in [1.29, 1.82) is 0 Å². The summed E-state index contributed by atoms with van der Waals surface area (Å²) in [6, 6.07) is 8.41. The number of hydrogen-bond donors (Lipinski definition) is 3. The summed E-state index contributed by atoms with van der Waals surface area (Å²) >= 11 is 1.54. The zero-order valence-corrected chi connectivity index (χ0v) is 21.3. The lowest BCUT2D eigenvalue weighted by Crippen LogP contribution is -2.62. The monoisotopic (exact) mass is 503 g/mol. The number of Topliss-reactive ketones (excluding diaryl/α,β-unsaturated/α-hetero) is 1. The molecule has 0 aromatic heterocycles. The van der Waals surface area contributed by atoms with Crippen LogP contribution >= 0.6 is 11.8 Å². The Hall–Kier alpha value is -2.55. The Kier molecular flexibility index (Phi) is 10.4. The van der Waals surface area contributed by atoms with Crippen molar-refractivity contribution in [2.75, 3.05) is 12.0 Å². The van der Waals surface area contributed by atoms with E-state index in [-0.39, 0.29) is 12.6 Å². The molecule has 8 nitrogen and oxygen atoms in total. The second kappa shape index (κ2) is 13.5. The number of carbonyl (C=O) groups is 4. The van der Waals surface area contributed by atoms with Gasteiger partial charge in [0.1, 0.15) is 12.1 Å². The number of nitrogens with one attached hydrogen (secondary N) is 3. The van der Waals surface area contributed by atoms with Crippen LogP contribution in [0.15, 0.2) is 30.3 Å². The van der Waals surface area contributed by atoms with Crippen LogP contribution in [0.5, 0.6) is 0 Å². The van der Waals surface area contributed by atoms with Crippen LogP contribution < -0.4 is 16.0 Å². The lowest BCUT2D eigenvalue weighted by Gasteiger charge is -2.37. The van der Waals surface area contributed by atoms with Crippen molar-refractivity contribution in [3.05, 3.63) is 35.9 Å². The minimum absolute atomic E-state index is 0.0223. The van der Waals surface area contributed by atoms with Gasteiger partial charge in [0.05, 0.1) is 6.04 Å². The lowest BCUT2D eigenvalue weighted by atomic mass is 9.80. The number of ketones is 1. The molecule has 0 heterocycles. The van der Waals surface area contributed by atoms with Gasteiger partial charge in [-0.05, 0) is 49.7 Å². The number of ether oxygens (including phenoxy) is 1. The van der Waals surface area contributed by atoms with Crippen LogP contribution in [0.3, 0.4) is 0 Å². The normalized spacial score (nSPS) is 18.3. The Morgan fingerprint density at radius 1 is 1.03 bits per heavy atom. The van der Waals surface area contributed by atoms with Crippen LogP contribution in [-0.2, 0) is 25.7 Å². The van der Waals surface area contributed by atoms with Crippen LogP contribution in [0.2, 0.25) is 0 Å². The lowest BCUT2D eigenvalue weighted by molar-refractivity contribution is -0.141. The van der Waals surface area contributed by atoms with E-state index in [0.717, 1.165) is 50.5 Å². The summed E-state index contributed by atoms with van der Waals surface area (Å²) in [6.07, 6.45) is 8.85. The largest absolute Gasteiger partial charge is 0.445 e. The fourth-order valence-electron chi connectivity index (χ4n) is 4.80. The molecule has 0 aliphatic heterocycles. The van der Waals surface area contributed by atoms with Crippen molar-refractivity contribution in [1.82, 2.24) is 16.0 Å². The van der Waals surface area contributed by atoms with E-state index >= 15 is 0 Å². The van der Waals surface area contributed by atoms with Crippen molar-refractivity contribution in [2.45, 2.75) is 88.4 Å². The fraction of sp³-hybridized carbons (Fsp3) is 0.615. The number of carbonyl (C=O) groups excluding carboxylic acids is 4. The number of rotatable bonds is 11. The third-order valence-electron chi connectivity index (χ3n) is 6.84. The van der Waals surface area contributed by atoms with Crippen molar-refractivity contribution in [3.63, 3.8) is 0 Å². The molecule has 0 spiro atoms. The first-order chi connectivity index (χ1) is 16.9. The molecular weight excluding hydrogens is 466 g/mol. The summed E-state index contributed by atoms with van der Waals surface area (Å²) in [5.74, 6) is -1.08. The quantitative estimate of drug-likeness (QED) is 0.399. The molecule has 1 aromatic carbocycles. The third-order valence-corrected chi connectivity index (χ3v) is 7.49. The van der Waals surface area contributed by atoms with Crippen molar-refractivity contribution in [2.24, 2.45) is 0 Å². The average molecular weight is 504 g/mol. The summed E-state index contributed by atoms with van der Waals surface area (Å²) < 4.78 is 5.37. The minimum atomic E-state index is -1.16. The molecule has 9 heteroatoms. The van der Waals surface area contributed by atoms with Gasteiger partial charge < -0.3 is 20.7 Å². The smallest absolute Gasteiger partial charge is 0.408 e. The average Bonchev–Trinajstić information content (AvgIpc) is 3.39. The molecule has 1 atom stereocenters. The Bertz CT molecular complexity index is 867. The van der Waals surface area contributed by atoms with E-state index in [9.17, 15) is 19.2 Å². The van der Waals surface area contributed by atoms with Crippen molar-refractivity contribution < 1.29 is 23.9 Å². The number of amides is 3. The number of alkyl carbamates (subject to hydrolysis) is 1. The standard InChI is InChI=1S/C26H37N3O5S/c1-35-17-14-21(22(30)23(31)27-20-12-6-7-13-20)28-24(32)26(15-8-3-9-16-26)29-25(33)34-18-19-10-4-2-5-11-19/h2,4-5,10-11,20-21H,3,6-9,12-18H2,1H3,(H,27,31)(H,28,32)(H,29,33)/t21-/m0/s1. The zero-order chi connectivity index (χ0) is 25.1. The zero-order valence-electron chi connectivity index (χ0n) is 20.5. The maximum Gasteiger partial charge on any atom is 0.408 e. The van der Waals surface area contributed by atoms with Crippen LogP contribution in [0.4, 0.5) is 4.79 Å². The summed E-state index contributed by atoms with van der Waals surface area (Å²) in [5, 5.41) is 8.44. The predicted octanol–water partition coefficient (Wildman–Crippen LogP) is 3.48. The van der Waals surface area contributed by atoms with E-state index in [1.165, 1.54) is 0 Å². The summed E-state index contributed by atoms with van der Waals surface area (Å²) in [5.41, 5.74) is -0.313. The van der Waals surface area contributed by atoms with Crippen molar-refractivity contribution in [3.8, 4) is 0 Å². The van der Waals surface area contributed by atoms with Gasteiger partial charge in [-0.3, -0.25) is 14.4 Å². The Balaban J connectivity index is 1.65. The van der Waals surface area contributed by atoms with Gasteiger partial charge in [0.2, 0.25) is 11.7 Å². The van der Waals surface area contributed by atoms with Crippen molar-refractivity contribution >= 4 is 35.5 Å². The molecule has 2 fully saturated rings. The highest BCUT2D eigenvalue weighted by molar-refractivity contribution is 7.98. The first-order valence-corrected chi connectivity index (χ1v) is 14.0. The summed E-state index contributed by atoms with van der Waals surface area (Å²) in [6.45, 7) is 0.0978. The van der Waals surface area contributed by atoms with Crippen LogP contribution in [0.25, 0.3) is 0 Å². The SMILES string of the molecule is CSCC[C@H](NC(=O)C1(NC(=O)OCc2ccccc2)CCCCC1)C(=O)C(=O)NC1CCCC1. The molecule has 0 radical (unpaired) electrons. The van der Waals surface area contributed by atoms with E-state index in [1.807, 2.05) is 36.6 Å². The topological polar surface area (TPSA) is 114 Å². The van der Waals surface area contributed by atoms with Gasteiger partial charge >= 0.3 is 6.09 Å². The second-order valence-corrected chi connectivity index (χ2v) is 10.4. The maximum atomic E-state index is 13.5. The van der Waals surface area contributed by atoms with Gasteiger partial charge in [-0.1, -0.05) is 62.4 Å². The van der Waals surface area contributed by atoms with E-state index in [4.69, 9.17) is 4.74 Å². The molecule has 0 bridgehead atoms.